The molecular formula is C66H44N4. The van der Waals surface area contributed by atoms with Crippen LogP contribution >= 0.6 is 0 Å². The largest absolute Gasteiger partial charge is 0.307 e. The molecule has 0 aliphatic heterocycles. The van der Waals surface area contributed by atoms with E-state index in [9.17, 15) is 0 Å². The van der Waals surface area contributed by atoms with Crippen molar-refractivity contribution in [3.05, 3.63) is 255 Å². The maximum atomic E-state index is 8.91. The first kappa shape index (κ1) is 37.8. The summed E-state index contributed by atoms with van der Waals surface area (Å²) in [5, 5.41) is 2.45. The number of rotatable bonds is 8. The second-order valence-corrected chi connectivity index (χ2v) is 17.7. The molecule has 0 atom stereocenters. The van der Waals surface area contributed by atoms with Crippen molar-refractivity contribution in [2.45, 2.75) is 6.85 Å². The van der Waals surface area contributed by atoms with Crippen molar-refractivity contribution < 1.29 is 4.11 Å². The molecule has 0 spiro atoms. The molecule has 0 radical (unpaired) electrons. The van der Waals surface area contributed by atoms with Crippen LogP contribution in [-0.4, -0.2) is 19.4 Å². The van der Waals surface area contributed by atoms with Crippen LogP contribution in [0.2, 0.25) is 0 Å². The van der Waals surface area contributed by atoms with Gasteiger partial charge in [0.05, 0.1) is 33.5 Å². The van der Waals surface area contributed by atoms with Gasteiger partial charge in [-0.2, -0.15) is 0 Å². The molecular weight excluding hydrogens is 849 g/mol. The minimum absolute atomic E-state index is 0.344. The zero-order valence-electron chi connectivity index (χ0n) is 41.0. The average Bonchev–Trinajstić information content (AvgIpc) is 3.83. The van der Waals surface area contributed by atoms with Crippen molar-refractivity contribution in [3.63, 3.8) is 0 Å². The normalized spacial score (nSPS) is 12.3. The highest BCUT2D eigenvalue weighted by Gasteiger charge is 2.20. The molecule has 328 valence electrons. The van der Waals surface area contributed by atoms with Crippen LogP contribution in [0.3, 0.4) is 0 Å². The van der Waals surface area contributed by atoms with Gasteiger partial charge in [-0.05, 0) is 146 Å². The molecule has 0 aliphatic rings. The van der Waals surface area contributed by atoms with Crippen LogP contribution in [0.15, 0.2) is 249 Å². The summed E-state index contributed by atoms with van der Waals surface area (Å²) in [6.07, 6.45) is 5.46. The van der Waals surface area contributed by atoms with Gasteiger partial charge in [0.15, 0.2) is 0 Å². The lowest BCUT2D eigenvalue weighted by atomic mass is 9.86. The number of benzene rings is 8. The fraction of sp³-hybridized carbons (Fsp3) is 0.0152. The van der Waals surface area contributed by atoms with Gasteiger partial charge >= 0.3 is 0 Å². The van der Waals surface area contributed by atoms with Crippen molar-refractivity contribution in [3.8, 4) is 89.3 Å². The maximum Gasteiger partial charge on any atom is 0.0949 e. The summed E-state index contributed by atoms with van der Waals surface area (Å²) < 4.78 is 28.8. The van der Waals surface area contributed by atoms with E-state index in [4.69, 9.17) is 9.10 Å². The quantitative estimate of drug-likeness (QED) is 0.143. The highest BCUT2D eigenvalue weighted by atomic mass is 14.9. The van der Waals surface area contributed by atoms with Crippen LogP contribution in [0.4, 0.5) is 0 Å². The SMILES string of the molecule is [2H]C([2H])([2H])c1c2ccccc2n2c3cccnc3c3ccc(-c4ccccc4-c4cc(-c5ccccc5-c5ccc(-c6ccccn6)cc5)cc(-c5ccccc5-c5ccc(-c6ccccn6)cc5)c4)cc3c12. The molecule has 8 aromatic carbocycles. The third-order valence-electron chi connectivity index (χ3n) is 13.7. The highest BCUT2D eigenvalue weighted by molar-refractivity contribution is 6.17. The maximum absolute atomic E-state index is 8.91. The monoisotopic (exact) mass is 895 g/mol. The second-order valence-electron chi connectivity index (χ2n) is 17.7. The van der Waals surface area contributed by atoms with Gasteiger partial charge < -0.3 is 4.40 Å². The summed E-state index contributed by atoms with van der Waals surface area (Å²) in [7, 11) is 0. The molecule has 13 rings (SSSR count). The predicted octanol–water partition coefficient (Wildman–Crippen LogP) is 17.2. The lowest BCUT2D eigenvalue weighted by Crippen LogP contribution is -1.94. The molecule has 5 aromatic heterocycles. The molecule has 70 heavy (non-hydrogen) atoms. The molecule has 13 aromatic rings. The Kier molecular flexibility index (Phi) is 9.24. The topological polar surface area (TPSA) is 43.1 Å². The zero-order valence-corrected chi connectivity index (χ0v) is 38.0. The Morgan fingerprint density at radius 2 is 0.743 bits per heavy atom. The van der Waals surface area contributed by atoms with Gasteiger partial charge in [0.2, 0.25) is 0 Å². The predicted molar refractivity (Wildman–Crippen MR) is 292 cm³/mol. The minimum Gasteiger partial charge on any atom is -0.307 e. The van der Waals surface area contributed by atoms with Crippen molar-refractivity contribution in [2.24, 2.45) is 0 Å². The Labute approximate surface area is 410 Å². The van der Waals surface area contributed by atoms with Gasteiger partial charge in [0, 0.05) is 50.0 Å². The van der Waals surface area contributed by atoms with E-state index in [1.807, 2.05) is 91.4 Å². The van der Waals surface area contributed by atoms with E-state index in [0.29, 0.717) is 16.5 Å². The summed E-state index contributed by atoms with van der Waals surface area (Å²) in [4.78, 5) is 14.1. The van der Waals surface area contributed by atoms with Crippen LogP contribution in [0.5, 0.6) is 0 Å². The Hall–Kier alpha value is -9.25. The van der Waals surface area contributed by atoms with Gasteiger partial charge in [-0.3, -0.25) is 15.0 Å². The average molecular weight is 896 g/mol. The number of nitrogens with zero attached hydrogens (tertiary/aromatic N) is 4. The van der Waals surface area contributed by atoms with Crippen LogP contribution < -0.4 is 0 Å². The molecule has 0 N–H and O–H groups in total. The van der Waals surface area contributed by atoms with E-state index >= 15 is 0 Å². The summed E-state index contributed by atoms with van der Waals surface area (Å²) in [6.45, 7) is -2.38. The van der Waals surface area contributed by atoms with E-state index in [1.165, 1.54) is 0 Å². The lowest BCUT2D eigenvalue weighted by Gasteiger charge is -2.18. The fourth-order valence-electron chi connectivity index (χ4n) is 10.4. The summed E-state index contributed by atoms with van der Waals surface area (Å²) in [5.41, 5.74) is 20.4. The molecule has 5 heterocycles. The number of hydrogen-bond donors (Lipinski definition) is 0. The van der Waals surface area contributed by atoms with Crippen LogP contribution in [0.1, 0.15) is 9.68 Å². The fourth-order valence-corrected chi connectivity index (χ4v) is 10.4. The van der Waals surface area contributed by atoms with E-state index in [-0.39, 0.29) is 0 Å². The number of pyridine rings is 4. The zero-order chi connectivity index (χ0) is 49.0. The molecule has 0 saturated carbocycles. The molecule has 0 unspecified atom stereocenters. The van der Waals surface area contributed by atoms with Gasteiger partial charge in [-0.15, -0.1) is 0 Å². The molecule has 0 aliphatic carbocycles. The number of fused-ring (bicyclic) bond motifs is 8. The second kappa shape index (κ2) is 17.1. The molecule has 0 bridgehead atoms. The van der Waals surface area contributed by atoms with Crippen LogP contribution in [0.25, 0.3) is 128 Å². The minimum atomic E-state index is -2.38. The van der Waals surface area contributed by atoms with Crippen molar-refractivity contribution in [1.82, 2.24) is 19.4 Å². The van der Waals surface area contributed by atoms with Gasteiger partial charge in [-0.1, -0.05) is 164 Å². The van der Waals surface area contributed by atoms with Crippen LogP contribution in [0, 0.1) is 6.85 Å². The standard InChI is InChI=1S/C66H44N4/c1-43-52-15-8-9-24-63(52)70-64-25-14-38-69-65(64)59-35-34-48(42-60(59)66(43)70)55-18-4-7-21-58(55)51-40-49(56-19-5-2-16-53(56)44-26-30-46(31-27-44)61-22-10-12-36-67-61)39-50(41-51)57-20-6-3-17-54(57)45-28-32-47(33-29-45)62-23-11-13-37-68-62/h2-42H,1H3/i1D3. The molecule has 4 heteroatoms. The first-order valence-corrected chi connectivity index (χ1v) is 23.6. The van der Waals surface area contributed by atoms with E-state index < -0.39 is 6.85 Å². The molecule has 0 amide bonds. The summed E-state index contributed by atoms with van der Waals surface area (Å²) in [5.74, 6) is 0. The first-order chi connectivity index (χ1) is 35.9. The molecule has 0 saturated heterocycles. The highest BCUT2D eigenvalue weighted by Crippen LogP contribution is 2.44. The smallest absolute Gasteiger partial charge is 0.0949 e. The lowest BCUT2D eigenvalue weighted by molar-refractivity contribution is 1.30. The van der Waals surface area contributed by atoms with E-state index in [1.54, 1.807) is 0 Å². The first-order valence-electron chi connectivity index (χ1n) is 25.1. The van der Waals surface area contributed by atoms with Gasteiger partial charge in [0.1, 0.15) is 0 Å². The Balaban J connectivity index is 1.02. The number of aromatic nitrogens is 4. The van der Waals surface area contributed by atoms with Crippen LogP contribution in [-0.2, 0) is 0 Å². The van der Waals surface area contributed by atoms with Crippen molar-refractivity contribution in [1.29, 1.82) is 0 Å². The number of aryl methyl sites for hydroxylation is 1. The third kappa shape index (κ3) is 7.05. The molecule has 4 nitrogen and oxygen atoms in total. The van der Waals surface area contributed by atoms with E-state index in [2.05, 4.69) is 172 Å². The number of hydrogen-bond acceptors (Lipinski definition) is 3. The Morgan fingerprint density at radius 1 is 0.314 bits per heavy atom. The van der Waals surface area contributed by atoms with E-state index in [0.717, 1.165) is 117 Å². The Bertz CT molecular complexity index is 4080. The van der Waals surface area contributed by atoms with Crippen molar-refractivity contribution in [2.75, 3.05) is 0 Å². The number of para-hydroxylation sites is 1. The van der Waals surface area contributed by atoms with Gasteiger partial charge in [0.25, 0.3) is 0 Å². The summed E-state index contributed by atoms with van der Waals surface area (Å²) >= 11 is 0. The van der Waals surface area contributed by atoms with Gasteiger partial charge in [-0.25, -0.2) is 0 Å². The Morgan fingerprint density at radius 3 is 1.26 bits per heavy atom. The third-order valence-corrected chi connectivity index (χ3v) is 13.7. The molecule has 0 fully saturated rings. The summed E-state index contributed by atoms with van der Waals surface area (Å²) in [6, 6.07) is 80.3. The van der Waals surface area contributed by atoms with Crippen molar-refractivity contribution >= 4 is 38.2 Å².